The third-order valence-corrected chi connectivity index (χ3v) is 4.11. The molecule has 2 unspecified atom stereocenters. The summed E-state index contributed by atoms with van der Waals surface area (Å²) < 4.78 is 5.43. The lowest BCUT2D eigenvalue weighted by atomic mass is 10.1. The van der Waals surface area contributed by atoms with Crippen LogP contribution in [0.25, 0.3) is 0 Å². The van der Waals surface area contributed by atoms with Crippen LogP contribution < -0.4 is 10.1 Å². The highest BCUT2D eigenvalue weighted by Crippen LogP contribution is 2.58. The van der Waals surface area contributed by atoms with E-state index in [1.54, 1.807) is 32.0 Å². The van der Waals surface area contributed by atoms with Crippen LogP contribution in [0, 0.1) is 17.3 Å². The Bertz CT molecular complexity index is 585. The van der Waals surface area contributed by atoms with Gasteiger partial charge in [-0.3, -0.25) is 9.59 Å². The van der Waals surface area contributed by atoms with E-state index in [4.69, 9.17) is 21.4 Å². The van der Waals surface area contributed by atoms with Crippen molar-refractivity contribution < 1.29 is 19.4 Å². The highest BCUT2D eigenvalue weighted by Gasteiger charge is 2.65. The number of ether oxygens (including phenoxy) is 1. The molecule has 0 heterocycles. The zero-order chi connectivity index (χ0) is 15.8. The molecule has 1 amide bonds. The first-order valence-electron chi connectivity index (χ1n) is 6.75. The van der Waals surface area contributed by atoms with Crippen LogP contribution in [-0.2, 0) is 9.59 Å². The normalized spacial score (nSPS) is 22.5. The van der Waals surface area contributed by atoms with Crippen molar-refractivity contribution in [3.05, 3.63) is 23.2 Å². The summed E-state index contributed by atoms with van der Waals surface area (Å²) in [7, 11) is 0. The molecule has 1 aromatic carbocycles. The summed E-state index contributed by atoms with van der Waals surface area (Å²) >= 11 is 5.93. The van der Waals surface area contributed by atoms with E-state index >= 15 is 0 Å². The predicted molar refractivity (Wildman–Crippen MR) is 79.6 cm³/mol. The number of amides is 1. The summed E-state index contributed by atoms with van der Waals surface area (Å²) in [5.74, 6) is -1.97. The van der Waals surface area contributed by atoms with Crippen LogP contribution in [0.2, 0.25) is 5.02 Å². The zero-order valence-corrected chi connectivity index (χ0v) is 12.9. The standard InChI is InChI=1S/C15H18ClNO4/c1-4-21-10-6-5-8(16)7-9(10)17-13(18)11-12(14(19)20)15(11,2)3/h5-7,11-12H,4H2,1-3H3,(H,17,18)(H,19,20). The van der Waals surface area contributed by atoms with E-state index in [0.717, 1.165) is 0 Å². The van der Waals surface area contributed by atoms with Gasteiger partial charge in [0.2, 0.25) is 5.91 Å². The van der Waals surface area contributed by atoms with Gasteiger partial charge < -0.3 is 15.2 Å². The molecule has 1 fully saturated rings. The van der Waals surface area contributed by atoms with Crippen molar-refractivity contribution in [2.75, 3.05) is 11.9 Å². The molecule has 1 aliphatic carbocycles. The van der Waals surface area contributed by atoms with Crippen molar-refractivity contribution in [1.82, 2.24) is 0 Å². The van der Waals surface area contributed by atoms with E-state index in [9.17, 15) is 9.59 Å². The molecule has 0 saturated heterocycles. The van der Waals surface area contributed by atoms with Gasteiger partial charge in [-0.05, 0) is 30.5 Å². The maximum Gasteiger partial charge on any atom is 0.307 e. The second kappa shape index (κ2) is 5.56. The van der Waals surface area contributed by atoms with Crippen molar-refractivity contribution in [2.45, 2.75) is 20.8 Å². The molecular formula is C15H18ClNO4. The monoisotopic (exact) mass is 311 g/mol. The number of rotatable bonds is 5. The summed E-state index contributed by atoms with van der Waals surface area (Å²) in [6.45, 7) is 5.84. The van der Waals surface area contributed by atoms with Gasteiger partial charge in [0.05, 0.1) is 24.1 Å². The van der Waals surface area contributed by atoms with Crippen molar-refractivity contribution in [3.63, 3.8) is 0 Å². The number of carbonyl (C=O) groups is 2. The quantitative estimate of drug-likeness (QED) is 0.876. The number of carbonyl (C=O) groups excluding carboxylic acids is 1. The lowest BCUT2D eigenvalue weighted by Crippen LogP contribution is -2.18. The lowest BCUT2D eigenvalue weighted by Gasteiger charge is -2.12. The Morgan fingerprint density at radius 2 is 2.05 bits per heavy atom. The molecule has 0 radical (unpaired) electrons. The molecule has 0 aromatic heterocycles. The van der Waals surface area contributed by atoms with Crippen LogP contribution in [0.5, 0.6) is 5.75 Å². The Hall–Kier alpha value is -1.75. The minimum absolute atomic E-state index is 0.324. The smallest absolute Gasteiger partial charge is 0.307 e. The SMILES string of the molecule is CCOc1ccc(Cl)cc1NC(=O)C1C(C(=O)O)C1(C)C. The number of carboxylic acids is 1. The van der Waals surface area contributed by atoms with Gasteiger partial charge in [-0.2, -0.15) is 0 Å². The minimum Gasteiger partial charge on any atom is -0.492 e. The Morgan fingerprint density at radius 3 is 2.57 bits per heavy atom. The average molecular weight is 312 g/mol. The molecule has 6 heteroatoms. The van der Waals surface area contributed by atoms with Gasteiger partial charge in [0.1, 0.15) is 5.75 Å². The zero-order valence-electron chi connectivity index (χ0n) is 12.1. The van der Waals surface area contributed by atoms with E-state index in [1.807, 2.05) is 6.92 Å². The van der Waals surface area contributed by atoms with Gasteiger partial charge in [-0.15, -0.1) is 0 Å². The minimum atomic E-state index is -0.948. The fourth-order valence-electron chi connectivity index (χ4n) is 2.68. The first-order valence-corrected chi connectivity index (χ1v) is 7.12. The molecule has 5 nitrogen and oxygen atoms in total. The summed E-state index contributed by atoms with van der Waals surface area (Å²) in [5, 5.41) is 12.3. The van der Waals surface area contributed by atoms with Gasteiger partial charge in [0.25, 0.3) is 0 Å². The molecule has 2 atom stereocenters. The molecule has 2 rings (SSSR count). The number of benzene rings is 1. The first-order chi connectivity index (χ1) is 9.78. The number of halogens is 1. The van der Waals surface area contributed by atoms with Gasteiger partial charge >= 0.3 is 5.97 Å². The van der Waals surface area contributed by atoms with Crippen LogP contribution in [0.3, 0.4) is 0 Å². The van der Waals surface area contributed by atoms with E-state index in [2.05, 4.69) is 5.32 Å². The molecular weight excluding hydrogens is 294 g/mol. The molecule has 0 bridgehead atoms. The number of carboxylic acid groups (broad SMARTS) is 1. The molecule has 1 aliphatic rings. The number of hydrogen-bond donors (Lipinski definition) is 2. The molecule has 0 spiro atoms. The second-order valence-corrected chi connectivity index (χ2v) is 6.11. The summed E-state index contributed by atoms with van der Waals surface area (Å²) in [5.41, 5.74) is -0.0820. The van der Waals surface area contributed by atoms with Crippen molar-refractivity contribution in [2.24, 2.45) is 17.3 Å². The predicted octanol–water partition coefficient (Wildman–Crippen LogP) is 3.03. The van der Waals surface area contributed by atoms with Gasteiger partial charge in [-0.25, -0.2) is 0 Å². The van der Waals surface area contributed by atoms with Crippen molar-refractivity contribution in [1.29, 1.82) is 0 Å². The maximum absolute atomic E-state index is 12.3. The molecule has 1 aromatic rings. The molecule has 0 aliphatic heterocycles. The second-order valence-electron chi connectivity index (χ2n) is 5.68. The Kier molecular flexibility index (Phi) is 4.14. The average Bonchev–Trinajstić information content (AvgIpc) is 2.96. The maximum atomic E-state index is 12.3. The molecule has 21 heavy (non-hydrogen) atoms. The van der Waals surface area contributed by atoms with Crippen LogP contribution >= 0.6 is 11.6 Å². The summed E-state index contributed by atoms with van der Waals surface area (Å²) in [4.78, 5) is 23.4. The molecule has 2 N–H and O–H groups in total. The van der Waals surface area contributed by atoms with E-state index < -0.39 is 23.2 Å². The van der Waals surface area contributed by atoms with Gasteiger partial charge in [0, 0.05) is 5.02 Å². The Morgan fingerprint density at radius 1 is 1.38 bits per heavy atom. The highest BCUT2D eigenvalue weighted by molar-refractivity contribution is 6.31. The van der Waals surface area contributed by atoms with Gasteiger partial charge in [-0.1, -0.05) is 25.4 Å². The Balaban J connectivity index is 2.17. The third-order valence-electron chi connectivity index (χ3n) is 3.88. The number of hydrogen-bond acceptors (Lipinski definition) is 3. The molecule has 114 valence electrons. The molecule has 1 saturated carbocycles. The lowest BCUT2D eigenvalue weighted by molar-refractivity contribution is -0.140. The van der Waals surface area contributed by atoms with E-state index in [-0.39, 0.29) is 5.91 Å². The van der Waals surface area contributed by atoms with Crippen LogP contribution in [0.1, 0.15) is 20.8 Å². The van der Waals surface area contributed by atoms with Crippen LogP contribution in [-0.4, -0.2) is 23.6 Å². The highest BCUT2D eigenvalue weighted by atomic mass is 35.5. The fourth-order valence-corrected chi connectivity index (χ4v) is 2.85. The Labute approximate surface area is 128 Å². The van der Waals surface area contributed by atoms with Gasteiger partial charge in [0.15, 0.2) is 0 Å². The summed E-state index contributed by atoms with van der Waals surface area (Å²) in [6, 6.07) is 4.94. The third kappa shape index (κ3) is 2.97. The number of anilines is 1. The van der Waals surface area contributed by atoms with Crippen molar-refractivity contribution >= 4 is 29.2 Å². The van der Waals surface area contributed by atoms with Crippen molar-refractivity contribution in [3.8, 4) is 5.75 Å². The number of aliphatic carboxylic acids is 1. The van der Waals surface area contributed by atoms with Crippen LogP contribution in [0.15, 0.2) is 18.2 Å². The number of nitrogens with one attached hydrogen (secondary N) is 1. The summed E-state index contributed by atoms with van der Waals surface area (Å²) in [6.07, 6.45) is 0. The first kappa shape index (κ1) is 15.6. The topological polar surface area (TPSA) is 75.6 Å². The van der Waals surface area contributed by atoms with Crippen LogP contribution in [0.4, 0.5) is 5.69 Å². The largest absolute Gasteiger partial charge is 0.492 e. The van der Waals surface area contributed by atoms with E-state index in [1.165, 1.54) is 0 Å². The van der Waals surface area contributed by atoms with E-state index in [0.29, 0.717) is 23.1 Å². The fraction of sp³-hybridized carbons (Fsp3) is 0.467.